The van der Waals surface area contributed by atoms with Crippen LogP contribution in [0.3, 0.4) is 0 Å². The molecule has 0 atom stereocenters. The summed E-state index contributed by atoms with van der Waals surface area (Å²) in [6.45, 7) is 2.10. The Bertz CT molecular complexity index is 407. The maximum absolute atomic E-state index is 12.2. The van der Waals surface area contributed by atoms with Crippen LogP contribution in [0.5, 0.6) is 0 Å². The first kappa shape index (κ1) is 12.0. The molecule has 0 spiro atoms. The van der Waals surface area contributed by atoms with Crippen LogP contribution in [0.4, 0.5) is 0 Å². The average molecular weight is 230 g/mol. The van der Waals surface area contributed by atoms with Crippen molar-refractivity contribution in [3.8, 4) is 0 Å². The molecule has 1 aromatic carbocycles. The van der Waals surface area contributed by atoms with Gasteiger partial charge >= 0.3 is 0 Å². The van der Waals surface area contributed by atoms with Gasteiger partial charge in [0.2, 0.25) is 0 Å². The molecule has 0 heterocycles. The number of aryl methyl sites for hydroxylation is 1. The van der Waals surface area contributed by atoms with Gasteiger partial charge in [0, 0.05) is 24.3 Å². The topological polar surface area (TPSA) is 34.1 Å². The van der Waals surface area contributed by atoms with Crippen molar-refractivity contribution in [1.82, 2.24) is 0 Å². The van der Waals surface area contributed by atoms with Gasteiger partial charge in [-0.3, -0.25) is 9.59 Å². The van der Waals surface area contributed by atoms with E-state index in [1.165, 1.54) is 5.56 Å². The predicted molar refractivity (Wildman–Crippen MR) is 67.1 cm³/mol. The maximum atomic E-state index is 12.2. The normalized spacial score (nSPS) is 17.1. The maximum Gasteiger partial charge on any atom is 0.165 e. The van der Waals surface area contributed by atoms with E-state index < -0.39 is 0 Å². The third-order valence-corrected chi connectivity index (χ3v) is 3.56. The first-order valence-electron chi connectivity index (χ1n) is 6.35. The van der Waals surface area contributed by atoms with E-state index >= 15 is 0 Å². The molecule has 17 heavy (non-hydrogen) atoms. The Morgan fingerprint density at radius 3 is 2.29 bits per heavy atom. The second-order valence-electron chi connectivity index (χ2n) is 4.73. The van der Waals surface area contributed by atoms with Crippen LogP contribution < -0.4 is 0 Å². The van der Waals surface area contributed by atoms with Gasteiger partial charge in [0.05, 0.1) is 0 Å². The summed E-state index contributed by atoms with van der Waals surface area (Å²) >= 11 is 0. The fourth-order valence-corrected chi connectivity index (χ4v) is 2.34. The van der Waals surface area contributed by atoms with Crippen LogP contribution in [-0.2, 0) is 11.2 Å². The van der Waals surface area contributed by atoms with Crippen molar-refractivity contribution >= 4 is 11.6 Å². The second kappa shape index (κ2) is 5.26. The first-order chi connectivity index (χ1) is 8.20. The molecule has 0 amide bonds. The van der Waals surface area contributed by atoms with Crippen LogP contribution in [-0.4, -0.2) is 11.6 Å². The Kier molecular flexibility index (Phi) is 3.72. The lowest BCUT2D eigenvalue weighted by Gasteiger charge is -2.19. The number of Topliss-reactive ketones (excluding diaryl/α,β-unsaturated/α-hetero) is 2. The minimum absolute atomic E-state index is 0.0557. The van der Waals surface area contributed by atoms with Crippen LogP contribution in [0.1, 0.15) is 48.5 Å². The van der Waals surface area contributed by atoms with Gasteiger partial charge in [0.15, 0.2) is 5.78 Å². The molecule has 1 saturated carbocycles. The molecular weight excluding hydrogens is 212 g/mol. The summed E-state index contributed by atoms with van der Waals surface area (Å²) in [5.41, 5.74) is 2.04. The van der Waals surface area contributed by atoms with Crippen LogP contribution >= 0.6 is 0 Å². The number of hydrogen-bond donors (Lipinski definition) is 0. The van der Waals surface area contributed by atoms with E-state index in [2.05, 4.69) is 6.92 Å². The van der Waals surface area contributed by atoms with E-state index in [9.17, 15) is 9.59 Å². The molecule has 0 N–H and O–H groups in total. The Hall–Kier alpha value is -1.44. The monoisotopic (exact) mass is 230 g/mol. The highest BCUT2D eigenvalue weighted by atomic mass is 16.1. The van der Waals surface area contributed by atoms with Crippen LogP contribution in [0, 0.1) is 5.92 Å². The van der Waals surface area contributed by atoms with Crippen molar-refractivity contribution in [2.45, 2.75) is 39.0 Å². The van der Waals surface area contributed by atoms with Gasteiger partial charge < -0.3 is 0 Å². The van der Waals surface area contributed by atoms with Crippen molar-refractivity contribution < 1.29 is 9.59 Å². The van der Waals surface area contributed by atoms with Gasteiger partial charge in [0.1, 0.15) is 5.78 Å². The minimum Gasteiger partial charge on any atom is -0.300 e. The lowest BCUT2D eigenvalue weighted by Crippen LogP contribution is -2.21. The largest absolute Gasteiger partial charge is 0.300 e. The third kappa shape index (κ3) is 2.82. The van der Waals surface area contributed by atoms with Crippen LogP contribution in [0.15, 0.2) is 24.3 Å². The quantitative estimate of drug-likeness (QED) is 0.747. The molecule has 0 saturated heterocycles. The van der Waals surface area contributed by atoms with Crippen molar-refractivity contribution in [2.75, 3.05) is 0 Å². The van der Waals surface area contributed by atoms with E-state index in [4.69, 9.17) is 0 Å². The SMILES string of the molecule is CCc1ccc(C(=O)C2CCC(=O)CC2)cc1. The van der Waals surface area contributed by atoms with Gasteiger partial charge in [-0.1, -0.05) is 31.2 Å². The molecule has 2 heteroatoms. The molecule has 1 aliphatic rings. The third-order valence-electron chi connectivity index (χ3n) is 3.56. The molecule has 0 aromatic heterocycles. The molecule has 1 aromatic rings. The number of carbonyl (C=O) groups excluding carboxylic acids is 2. The summed E-state index contributed by atoms with van der Waals surface area (Å²) in [4.78, 5) is 23.3. The second-order valence-corrected chi connectivity index (χ2v) is 4.73. The number of ketones is 2. The zero-order chi connectivity index (χ0) is 12.3. The molecule has 0 bridgehead atoms. The minimum atomic E-state index is 0.0557. The summed E-state index contributed by atoms with van der Waals surface area (Å²) < 4.78 is 0. The Balaban J connectivity index is 2.05. The highest BCUT2D eigenvalue weighted by molar-refractivity contribution is 5.98. The highest BCUT2D eigenvalue weighted by Gasteiger charge is 2.25. The Labute approximate surface area is 102 Å². The Morgan fingerprint density at radius 1 is 1.18 bits per heavy atom. The number of carbonyl (C=O) groups is 2. The zero-order valence-corrected chi connectivity index (χ0v) is 10.2. The predicted octanol–water partition coefficient (Wildman–Crippen LogP) is 3.19. The molecule has 0 unspecified atom stereocenters. The lowest BCUT2D eigenvalue weighted by molar-refractivity contribution is -0.120. The zero-order valence-electron chi connectivity index (χ0n) is 10.2. The number of rotatable bonds is 3. The summed E-state index contributed by atoms with van der Waals surface area (Å²) in [6, 6.07) is 7.86. The van der Waals surface area contributed by atoms with Gasteiger partial charge in [-0.2, -0.15) is 0 Å². The van der Waals surface area contributed by atoms with E-state index in [0.717, 1.165) is 24.8 Å². The van der Waals surface area contributed by atoms with Gasteiger partial charge in [-0.25, -0.2) is 0 Å². The van der Waals surface area contributed by atoms with Crippen molar-refractivity contribution in [1.29, 1.82) is 0 Å². The van der Waals surface area contributed by atoms with Crippen molar-refractivity contribution in [3.05, 3.63) is 35.4 Å². The average Bonchev–Trinajstić information content (AvgIpc) is 2.39. The Morgan fingerprint density at radius 2 is 1.76 bits per heavy atom. The molecule has 1 aliphatic carbocycles. The smallest absolute Gasteiger partial charge is 0.165 e. The summed E-state index contributed by atoms with van der Waals surface area (Å²) in [5.74, 6) is 0.565. The highest BCUT2D eigenvalue weighted by Crippen LogP contribution is 2.25. The van der Waals surface area contributed by atoms with Crippen molar-refractivity contribution in [2.24, 2.45) is 5.92 Å². The van der Waals surface area contributed by atoms with E-state index in [-0.39, 0.29) is 11.7 Å². The molecule has 1 fully saturated rings. The number of benzene rings is 1. The molecular formula is C15H18O2. The van der Waals surface area contributed by atoms with Gasteiger partial charge in [0.25, 0.3) is 0 Å². The number of hydrogen-bond acceptors (Lipinski definition) is 2. The van der Waals surface area contributed by atoms with E-state index in [0.29, 0.717) is 18.6 Å². The first-order valence-corrected chi connectivity index (χ1v) is 6.35. The molecule has 90 valence electrons. The fraction of sp³-hybridized carbons (Fsp3) is 0.467. The van der Waals surface area contributed by atoms with Crippen LogP contribution in [0.25, 0.3) is 0 Å². The molecule has 0 aliphatic heterocycles. The lowest BCUT2D eigenvalue weighted by atomic mass is 9.83. The van der Waals surface area contributed by atoms with Gasteiger partial charge in [-0.15, -0.1) is 0 Å². The summed E-state index contributed by atoms with van der Waals surface area (Å²) in [7, 11) is 0. The van der Waals surface area contributed by atoms with E-state index in [1.54, 1.807) is 0 Å². The van der Waals surface area contributed by atoms with Crippen molar-refractivity contribution in [3.63, 3.8) is 0 Å². The summed E-state index contributed by atoms with van der Waals surface area (Å²) in [5, 5.41) is 0. The standard InChI is InChI=1S/C15H18O2/c1-2-11-3-5-12(6-4-11)15(17)13-7-9-14(16)10-8-13/h3-6,13H,2,7-10H2,1H3. The van der Waals surface area contributed by atoms with Gasteiger partial charge in [-0.05, 0) is 24.8 Å². The molecule has 2 nitrogen and oxygen atoms in total. The van der Waals surface area contributed by atoms with E-state index in [1.807, 2.05) is 24.3 Å². The fourth-order valence-electron chi connectivity index (χ4n) is 2.34. The summed E-state index contributed by atoms with van der Waals surface area (Å²) in [6.07, 6.45) is 3.60. The molecule has 2 rings (SSSR count). The van der Waals surface area contributed by atoms with Crippen LogP contribution in [0.2, 0.25) is 0 Å². The molecule has 0 radical (unpaired) electrons.